The zero-order valence-electron chi connectivity index (χ0n) is 37.9. The van der Waals surface area contributed by atoms with E-state index in [0.29, 0.717) is 12.8 Å². The van der Waals surface area contributed by atoms with E-state index in [4.69, 9.17) is 28.4 Å². The molecular formula is C47H84O15. The second kappa shape index (κ2) is 35.3. The first-order valence-corrected chi connectivity index (χ1v) is 23.9. The number of unbranched alkanes of at least 4 members (excludes halogenated alkanes) is 18. The van der Waals surface area contributed by atoms with E-state index in [2.05, 4.69) is 38.2 Å². The zero-order valence-corrected chi connectivity index (χ0v) is 37.9. The van der Waals surface area contributed by atoms with Crippen LogP contribution in [-0.4, -0.2) is 142 Å². The molecule has 0 aromatic carbocycles. The molecule has 2 aliphatic rings. The van der Waals surface area contributed by atoms with Gasteiger partial charge in [0.15, 0.2) is 18.7 Å². The number of esters is 2. The molecule has 2 fully saturated rings. The molecule has 62 heavy (non-hydrogen) atoms. The second-order valence-electron chi connectivity index (χ2n) is 16.9. The fraction of sp³-hybridized carbons (Fsp3) is 0.872. The van der Waals surface area contributed by atoms with Gasteiger partial charge in [-0.15, -0.1) is 0 Å². The van der Waals surface area contributed by atoms with Crippen molar-refractivity contribution in [1.29, 1.82) is 0 Å². The van der Waals surface area contributed by atoms with Gasteiger partial charge in [0.25, 0.3) is 0 Å². The van der Waals surface area contributed by atoms with Crippen molar-refractivity contribution in [3.05, 3.63) is 24.3 Å². The number of aliphatic hydroxyl groups is 7. The molecule has 2 aliphatic heterocycles. The topological polar surface area (TPSA) is 231 Å². The first kappa shape index (κ1) is 56.1. The van der Waals surface area contributed by atoms with Crippen LogP contribution >= 0.6 is 0 Å². The van der Waals surface area contributed by atoms with E-state index in [-0.39, 0.29) is 26.1 Å². The Morgan fingerprint density at radius 1 is 0.516 bits per heavy atom. The maximum atomic E-state index is 12.9. The normalized spacial score (nSPS) is 27.2. The summed E-state index contributed by atoms with van der Waals surface area (Å²) in [5, 5.41) is 71.8. The van der Waals surface area contributed by atoms with Gasteiger partial charge in [-0.25, -0.2) is 0 Å². The molecule has 0 aromatic rings. The van der Waals surface area contributed by atoms with E-state index in [1.54, 1.807) is 0 Å². The number of ether oxygens (including phenoxy) is 6. The lowest BCUT2D eigenvalue weighted by Gasteiger charge is -2.42. The van der Waals surface area contributed by atoms with Crippen LogP contribution in [0.2, 0.25) is 0 Å². The molecule has 0 amide bonds. The van der Waals surface area contributed by atoms with Gasteiger partial charge in [-0.2, -0.15) is 0 Å². The molecule has 7 N–H and O–H groups in total. The van der Waals surface area contributed by atoms with Crippen molar-refractivity contribution >= 4 is 11.9 Å². The standard InChI is InChI=1S/C47H84O15/c1-3-5-7-9-11-12-13-14-15-16-17-18-19-20-21-22-24-26-28-30-39(50)60-35(32-57-38(49)29-27-25-23-10-8-6-4-2)33-58-46-45(56)43(54)41(52)37(62-46)34-59-47-44(55)42(53)40(51)36(31-48)61-47/h11-12,14-15,35-37,40-48,51-56H,3-10,13,16-34H2,1-2H3/b12-11+,15-14+/t35-,36+,37+,40-,41-,42?,43?,44?,45?,46+,47+/m1/s1. The van der Waals surface area contributed by atoms with E-state index < -0.39 is 92.7 Å². The molecule has 0 radical (unpaired) electrons. The Morgan fingerprint density at radius 2 is 0.968 bits per heavy atom. The van der Waals surface area contributed by atoms with Gasteiger partial charge in [0, 0.05) is 12.8 Å². The van der Waals surface area contributed by atoms with Crippen molar-refractivity contribution in [1.82, 2.24) is 0 Å². The van der Waals surface area contributed by atoms with Gasteiger partial charge in [-0.1, -0.05) is 134 Å². The number of carbonyl (C=O) groups excluding carboxylic acids is 2. The second-order valence-corrected chi connectivity index (χ2v) is 16.9. The van der Waals surface area contributed by atoms with Gasteiger partial charge in [-0.05, 0) is 44.9 Å². The van der Waals surface area contributed by atoms with E-state index in [9.17, 15) is 45.3 Å². The summed E-state index contributed by atoms with van der Waals surface area (Å²) in [7, 11) is 0. The zero-order chi connectivity index (χ0) is 45.4. The number of allylic oxidation sites excluding steroid dienone is 4. The van der Waals surface area contributed by atoms with E-state index in [1.807, 2.05) is 0 Å². The van der Waals surface area contributed by atoms with Crippen LogP contribution in [0.5, 0.6) is 0 Å². The van der Waals surface area contributed by atoms with Crippen molar-refractivity contribution < 1.29 is 73.8 Å². The minimum Gasteiger partial charge on any atom is -0.462 e. The van der Waals surface area contributed by atoms with Crippen LogP contribution in [0.1, 0.15) is 168 Å². The highest BCUT2D eigenvalue weighted by Crippen LogP contribution is 2.26. The first-order valence-electron chi connectivity index (χ1n) is 23.9. The Balaban J connectivity index is 1.79. The van der Waals surface area contributed by atoms with Gasteiger partial charge in [0.05, 0.1) is 19.8 Å². The summed E-state index contributed by atoms with van der Waals surface area (Å²) in [6.07, 6.45) is 16.7. The van der Waals surface area contributed by atoms with Crippen LogP contribution in [0, 0.1) is 0 Å². The summed E-state index contributed by atoms with van der Waals surface area (Å²) in [5.74, 6) is -0.934. The number of aliphatic hydroxyl groups excluding tert-OH is 7. The Kier molecular flexibility index (Phi) is 31.9. The smallest absolute Gasteiger partial charge is 0.306 e. The molecule has 0 bridgehead atoms. The number of hydrogen-bond donors (Lipinski definition) is 7. The van der Waals surface area contributed by atoms with Gasteiger partial charge >= 0.3 is 11.9 Å². The molecule has 11 atom stereocenters. The third kappa shape index (κ3) is 23.8. The van der Waals surface area contributed by atoms with Gasteiger partial charge < -0.3 is 64.2 Å². The van der Waals surface area contributed by atoms with Crippen LogP contribution < -0.4 is 0 Å². The predicted octanol–water partition coefficient (Wildman–Crippen LogP) is 5.60. The molecule has 0 spiro atoms. The largest absolute Gasteiger partial charge is 0.462 e. The number of hydrogen-bond acceptors (Lipinski definition) is 15. The van der Waals surface area contributed by atoms with Crippen molar-refractivity contribution in [2.45, 2.75) is 235 Å². The SMILES string of the molecule is CCCCC/C=C/C/C=C/CCCCCCCCCCCC(=O)O[C@H](COC(=O)CCCCCCCCC)CO[C@H]1O[C@@H](CO[C@H]2O[C@@H](CO)[C@@H](O)C(O)C2O)[C@@H](O)C(O)C1O. The summed E-state index contributed by atoms with van der Waals surface area (Å²) >= 11 is 0. The molecule has 2 heterocycles. The van der Waals surface area contributed by atoms with Crippen LogP contribution in [-0.2, 0) is 38.0 Å². The Bertz CT molecular complexity index is 1180. The lowest BCUT2D eigenvalue weighted by atomic mass is 9.98. The Morgan fingerprint density at radius 3 is 1.53 bits per heavy atom. The molecule has 0 aliphatic carbocycles. The van der Waals surface area contributed by atoms with E-state index >= 15 is 0 Å². The maximum Gasteiger partial charge on any atom is 0.306 e. The highest BCUT2D eigenvalue weighted by Gasteiger charge is 2.47. The van der Waals surface area contributed by atoms with Gasteiger partial charge in [0.1, 0.15) is 55.4 Å². The van der Waals surface area contributed by atoms with Gasteiger partial charge in [0.2, 0.25) is 0 Å². The average molecular weight is 889 g/mol. The molecule has 4 unspecified atom stereocenters. The lowest BCUT2D eigenvalue weighted by Crippen LogP contribution is -2.61. The summed E-state index contributed by atoms with van der Waals surface area (Å²) in [6, 6.07) is 0. The van der Waals surface area contributed by atoms with Crippen molar-refractivity contribution in [2.24, 2.45) is 0 Å². The van der Waals surface area contributed by atoms with E-state index in [0.717, 1.165) is 64.2 Å². The monoisotopic (exact) mass is 889 g/mol. The molecule has 0 aromatic heterocycles. The van der Waals surface area contributed by atoms with Crippen molar-refractivity contribution in [3.8, 4) is 0 Å². The highest BCUT2D eigenvalue weighted by atomic mass is 16.7. The molecule has 0 saturated carbocycles. The Hall–Kier alpha value is -2.02. The maximum absolute atomic E-state index is 12.9. The highest BCUT2D eigenvalue weighted by molar-refractivity contribution is 5.70. The first-order chi connectivity index (χ1) is 30.0. The lowest BCUT2D eigenvalue weighted by molar-refractivity contribution is -0.332. The fourth-order valence-electron chi connectivity index (χ4n) is 7.42. The molecule has 15 heteroatoms. The minimum absolute atomic E-state index is 0.162. The summed E-state index contributed by atoms with van der Waals surface area (Å²) < 4.78 is 33.4. The summed E-state index contributed by atoms with van der Waals surface area (Å²) in [6.45, 7) is 2.50. The van der Waals surface area contributed by atoms with Gasteiger partial charge in [-0.3, -0.25) is 9.59 Å². The van der Waals surface area contributed by atoms with Crippen LogP contribution in [0.25, 0.3) is 0 Å². The third-order valence-corrected chi connectivity index (χ3v) is 11.4. The van der Waals surface area contributed by atoms with Crippen LogP contribution in [0.15, 0.2) is 24.3 Å². The Labute approximate surface area is 371 Å². The molecule has 2 saturated heterocycles. The minimum atomic E-state index is -1.76. The fourth-order valence-corrected chi connectivity index (χ4v) is 7.42. The van der Waals surface area contributed by atoms with Crippen molar-refractivity contribution in [2.75, 3.05) is 26.4 Å². The molecule has 362 valence electrons. The third-order valence-electron chi connectivity index (χ3n) is 11.4. The number of carbonyl (C=O) groups is 2. The summed E-state index contributed by atoms with van der Waals surface area (Å²) in [4.78, 5) is 25.5. The average Bonchev–Trinajstić information content (AvgIpc) is 3.26. The molecule has 2 rings (SSSR count). The number of rotatable bonds is 36. The molecular weight excluding hydrogens is 805 g/mol. The van der Waals surface area contributed by atoms with Crippen LogP contribution in [0.4, 0.5) is 0 Å². The van der Waals surface area contributed by atoms with Crippen LogP contribution in [0.3, 0.4) is 0 Å². The molecule has 15 nitrogen and oxygen atoms in total. The quantitative estimate of drug-likeness (QED) is 0.0231. The predicted molar refractivity (Wildman–Crippen MR) is 234 cm³/mol. The van der Waals surface area contributed by atoms with E-state index in [1.165, 1.54) is 64.2 Å². The van der Waals surface area contributed by atoms with Crippen molar-refractivity contribution in [3.63, 3.8) is 0 Å². The summed E-state index contributed by atoms with van der Waals surface area (Å²) in [5.41, 5.74) is 0.